The zero-order valence-electron chi connectivity index (χ0n) is 4.97. The molecule has 1 nitrogen and oxygen atoms in total. The van der Waals surface area contributed by atoms with Gasteiger partial charge in [-0.3, -0.25) is 0 Å². The first kappa shape index (κ1) is 4.80. The Hall–Kier alpha value is -0.0400. The van der Waals surface area contributed by atoms with Crippen LogP contribution in [0.25, 0.3) is 0 Å². The molecule has 2 fully saturated rings. The predicted octanol–water partition coefficient (Wildman–Crippen LogP) is 1.61. The van der Waals surface area contributed by atoms with E-state index >= 15 is 0 Å². The SMILES string of the molecule is [O]C1CC2CCC1C2. The molecule has 0 N–H and O–H groups in total. The standard InChI is InChI=1S/C7H11O/c8-7-4-5-1-2-6(7)3-5/h5-7H,1-4H2. The maximum Gasteiger partial charge on any atom is 0.0960 e. The van der Waals surface area contributed by atoms with Crippen LogP contribution in [0, 0.1) is 11.8 Å². The van der Waals surface area contributed by atoms with Gasteiger partial charge in [-0.1, -0.05) is 0 Å². The van der Waals surface area contributed by atoms with E-state index in [4.69, 9.17) is 0 Å². The van der Waals surface area contributed by atoms with Gasteiger partial charge in [0.15, 0.2) is 0 Å². The molecule has 2 rings (SSSR count). The first-order chi connectivity index (χ1) is 3.86. The number of hydrogen-bond acceptors (Lipinski definition) is 0. The van der Waals surface area contributed by atoms with E-state index in [0.717, 1.165) is 12.3 Å². The number of rotatable bonds is 0. The van der Waals surface area contributed by atoms with E-state index in [2.05, 4.69) is 0 Å². The Kier molecular flexibility index (Phi) is 0.884. The molecule has 0 aromatic rings. The van der Waals surface area contributed by atoms with Crippen molar-refractivity contribution in [2.24, 2.45) is 11.8 Å². The molecule has 0 amide bonds. The zero-order valence-corrected chi connectivity index (χ0v) is 4.97. The topological polar surface area (TPSA) is 19.9 Å². The van der Waals surface area contributed by atoms with E-state index in [1.165, 1.54) is 19.3 Å². The summed E-state index contributed by atoms with van der Waals surface area (Å²) in [4.78, 5) is 0. The van der Waals surface area contributed by atoms with E-state index in [1.54, 1.807) is 0 Å². The third-order valence-electron chi connectivity index (χ3n) is 2.67. The van der Waals surface area contributed by atoms with Crippen molar-refractivity contribution in [3.63, 3.8) is 0 Å². The van der Waals surface area contributed by atoms with Gasteiger partial charge in [0.25, 0.3) is 0 Å². The Morgan fingerprint density at radius 3 is 2.25 bits per heavy atom. The lowest BCUT2D eigenvalue weighted by Crippen LogP contribution is -2.13. The van der Waals surface area contributed by atoms with E-state index in [-0.39, 0.29) is 6.10 Å². The summed E-state index contributed by atoms with van der Waals surface area (Å²) in [5.74, 6) is 1.42. The lowest BCUT2D eigenvalue weighted by Gasteiger charge is -2.12. The van der Waals surface area contributed by atoms with Crippen molar-refractivity contribution >= 4 is 0 Å². The second-order valence-electron chi connectivity index (χ2n) is 3.21. The summed E-state index contributed by atoms with van der Waals surface area (Å²) in [6.07, 6.45) is 4.66. The van der Waals surface area contributed by atoms with Gasteiger partial charge in [0.05, 0.1) is 6.10 Å². The first-order valence-corrected chi connectivity index (χ1v) is 3.52. The molecule has 2 aliphatic carbocycles. The Morgan fingerprint density at radius 2 is 2.00 bits per heavy atom. The minimum absolute atomic E-state index is 0.172. The molecule has 0 aliphatic heterocycles. The molecule has 0 heterocycles. The molecule has 0 aromatic carbocycles. The van der Waals surface area contributed by atoms with Gasteiger partial charge in [0, 0.05) is 0 Å². The van der Waals surface area contributed by atoms with Crippen LogP contribution < -0.4 is 0 Å². The fourth-order valence-corrected chi connectivity index (χ4v) is 2.19. The summed E-state index contributed by atoms with van der Waals surface area (Å²) in [5.41, 5.74) is 0. The van der Waals surface area contributed by atoms with Crippen LogP contribution in [0.3, 0.4) is 0 Å². The third kappa shape index (κ3) is 0.510. The second-order valence-corrected chi connectivity index (χ2v) is 3.21. The molecule has 45 valence electrons. The maximum absolute atomic E-state index is 10.9. The molecular weight excluding hydrogens is 100 g/mol. The molecule has 1 radical (unpaired) electrons. The molecular formula is C7H11O. The van der Waals surface area contributed by atoms with Gasteiger partial charge in [0.1, 0.15) is 0 Å². The molecule has 3 unspecified atom stereocenters. The first-order valence-electron chi connectivity index (χ1n) is 3.52. The average molecular weight is 111 g/mol. The van der Waals surface area contributed by atoms with Crippen LogP contribution in [0.1, 0.15) is 25.7 Å². The second kappa shape index (κ2) is 1.47. The lowest BCUT2D eigenvalue weighted by molar-refractivity contribution is 0.0420. The Labute approximate surface area is 49.7 Å². The van der Waals surface area contributed by atoms with Crippen molar-refractivity contribution < 1.29 is 5.11 Å². The monoisotopic (exact) mass is 111 g/mol. The van der Waals surface area contributed by atoms with Gasteiger partial charge >= 0.3 is 0 Å². The van der Waals surface area contributed by atoms with Crippen molar-refractivity contribution in [2.45, 2.75) is 31.8 Å². The van der Waals surface area contributed by atoms with Crippen molar-refractivity contribution in [3.05, 3.63) is 0 Å². The number of fused-ring (bicyclic) bond motifs is 2. The zero-order chi connectivity index (χ0) is 5.56. The van der Waals surface area contributed by atoms with E-state index < -0.39 is 0 Å². The maximum atomic E-state index is 10.9. The van der Waals surface area contributed by atoms with E-state index in [1.807, 2.05) is 0 Å². The highest BCUT2D eigenvalue weighted by Crippen LogP contribution is 2.44. The Morgan fingerprint density at radius 1 is 1.12 bits per heavy atom. The van der Waals surface area contributed by atoms with Crippen molar-refractivity contribution in [3.8, 4) is 0 Å². The average Bonchev–Trinajstić information content (AvgIpc) is 2.23. The van der Waals surface area contributed by atoms with Gasteiger partial charge in [-0.2, -0.15) is 0 Å². The predicted molar refractivity (Wildman–Crippen MR) is 29.9 cm³/mol. The van der Waals surface area contributed by atoms with Crippen LogP contribution in [0.2, 0.25) is 0 Å². The fourth-order valence-electron chi connectivity index (χ4n) is 2.19. The van der Waals surface area contributed by atoms with Gasteiger partial charge < -0.3 is 0 Å². The smallest absolute Gasteiger partial charge is 0.0960 e. The Balaban J connectivity index is 2.11. The van der Waals surface area contributed by atoms with Crippen LogP contribution >= 0.6 is 0 Å². The Bertz CT molecular complexity index is 98.6. The van der Waals surface area contributed by atoms with Crippen molar-refractivity contribution in [2.75, 3.05) is 0 Å². The molecule has 8 heavy (non-hydrogen) atoms. The molecule has 0 saturated heterocycles. The third-order valence-corrected chi connectivity index (χ3v) is 2.67. The summed E-state index contributed by atoms with van der Waals surface area (Å²) < 4.78 is 0. The van der Waals surface area contributed by atoms with E-state index in [9.17, 15) is 5.11 Å². The normalized spacial score (nSPS) is 52.9. The summed E-state index contributed by atoms with van der Waals surface area (Å²) >= 11 is 0. The minimum Gasteiger partial charge on any atom is -0.233 e. The van der Waals surface area contributed by atoms with Crippen LogP contribution in [-0.2, 0) is 5.11 Å². The molecule has 2 bridgehead atoms. The van der Waals surface area contributed by atoms with Crippen molar-refractivity contribution in [1.82, 2.24) is 0 Å². The van der Waals surface area contributed by atoms with Gasteiger partial charge in [0.2, 0.25) is 0 Å². The van der Waals surface area contributed by atoms with Gasteiger partial charge in [-0.15, -0.1) is 0 Å². The lowest BCUT2D eigenvalue weighted by atomic mass is 9.98. The summed E-state index contributed by atoms with van der Waals surface area (Å²) in [5, 5.41) is 10.9. The van der Waals surface area contributed by atoms with Crippen molar-refractivity contribution in [1.29, 1.82) is 0 Å². The quantitative estimate of drug-likeness (QED) is 0.452. The summed E-state index contributed by atoms with van der Waals surface area (Å²) in [6.45, 7) is 0. The molecule has 3 atom stereocenters. The van der Waals surface area contributed by atoms with Gasteiger partial charge in [-0.25, -0.2) is 5.11 Å². The van der Waals surface area contributed by atoms with E-state index in [0.29, 0.717) is 5.92 Å². The highest BCUT2D eigenvalue weighted by atomic mass is 16.3. The van der Waals surface area contributed by atoms with Crippen LogP contribution in [-0.4, -0.2) is 6.10 Å². The molecule has 1 heteroatoms. The van der Waals surface area contributed by atoms with Crippen LogP contribution in [0.5, 0.6) is 0 Å². The fraction of sp³-hybridized carbons (Fsp3) is 1.00. The largest absolute Gasteiger partial charge is 0.233 e. The summed E-state index contributed by atoms with van der Waals surface area (Å²) in [6, 6.07) is 0. The highest BCUT2D eigenvalue weighted by molar-refractivity contribution is 4.89. The van der Waals surface area contributed by atoms with Crippen LogP contribution in [0.4, 0.5) is 0 Å². The molecule has 0 spiro atoms. The number of hydrogen-bond donors (Lipinski definition) is 0. The molecule has 0 aromatic heterocycles. The molecule has 2 saturated carbocycles. The molecule has 2 aliphatic rings. The minimum atomic E-state index is -0.172. The van der Waals surface area contributed by atoms with Gasteiger partial charge in [-0.05, 0) is 37.5 Å². The highest BCUT2D eigenvalue weighted by Gasteiger charge is 2.39. The summed E-state index contributed by atoms with van der Waals surface area (Å²) in [7, 11) is 0. The van der Waals surface area contributed by atoms with Crippen LogP contribution in [0.15, 0.2) is 0 Å².